The number of aromatic amines is 1. The van der Waals surface area contributed by atoms with Crippen molar-refractivity contribution in [3.05, 3.63) is 93.3 Å². The third-order valence-corrected chi connectivity index (χ3v) is 7.26. The molecule has 2 fully saturated rings. The molecule has 1 saturated heterocycles. The lowest BCUT2D eigenvalue weighted by molar-refractivity contribution is 0.0926. The topological polar surface area (TPSA) is 124 Å². The third kappa shape index (κ3) is 5.03. The second-order valence-electron chi connectivity index (χ2n) is 9.96. The van der Waals surface area contributed by atoms with Crippen molar-refractivity contribution >= 4 is 22.5 Å². The van der Waals surface area contributed by atoms with Gasteiger partial charge in [-0.05, 0) is 67.3 Å². The Balaban J connectivity index is 1.16. The van der Waals surface area contributed by atoms with E-state index in [4.69, 9.17) is 10.00 Å². The summed E-state index contributed by atoms with van der Waals surface area (Å²) in [5.74, 6) is 0.291. The number of H-pyrrole nitrogens is 1. The number of hydrogen-bond donors (Lipinski definition) is 2. The zero-order valence-electron chi connectivity index (χ0n) is 21.0. The van der Waals surface area contributed by atoms with Crippen LogP contribution in [-0.4, -0.2) is 46.3 Å². The quantitative estimate of drug-likeness (QED) is 0.379. The summed E-state index contributed by atoms with van der Waals surface area (Å²) < 4.78 is 20.7. The van der Waals surface area contributed by atoms with Crippen molar-refractivity contribution in [2.75, 3.05) is 18.0 Å². The van der Waals surface area contributed by atoms with Crippen LogP contribution >= 0.6 is 0 Å². The molecule has 2 aromatic heterocycles. The molecular formula is C29H25FN6O3. The number of nitrogens with one attached hydrogen (secondary N) is 2. The number of amides is 1. The number of anilines is 1. The summed E-state index contributed by atoms with van der Waals surface area (Å²) in [6.45, 7) is 1.06. The van der Waals surface area contributed by atoms with E-state index in [0.717, 1.165) is 25.1 Å². The molecule has 4 aromatic rings. The first-order valence-electron chi connectivity index (χ1n) is 12.8. The van der Waals surface area contributed by atoms with E-state index in [1.165, 1.54) is 18.3 Å². The molecule has 0 spiro atoms. The standard InChI is InChI=1S/C29H25FN6O3/c30-25-8-4-17(10-24(25)28(37)33-19-15-36(16-19)27-9-5-18(13-31)14-32-27)11-26-23-12-21(39-20-2-1-3-20)6-7-22(23)29(38)35-34-26/h4-10,12,14,19-20H,1-3,11,15-16H2,(H,33,37)(H,35,38). The molecule has 2 aliphatic rings. The van der Waals surface area contributed by atoms with E-state index in [-0.39, 0.29) is 23.3 Å². The normalized spacial score (nSPS) is 15.3. The molecule has 1 saturated carbocycles. The van der Waals surface area contributed by atoms with Gasteiger partial charge in [0, 0.05) is 31.1 Å². The summed E-state index contributed by atoms with van der Waals surface area (Å²) in [7, 11) is 0. The minimum Gasteiger partial charge on any atom is -0.490 e. The maximum Gasteiger partial charge on any atom is 0.272 e. The monoisotopic (exact) mass is 524 g/mol. The molecule has 6 rings (SSSR count). The number of rotatable bonds is 7. The number of ether oxygens (including phenoxy) is 1. The van der Waals surface area contributed by atoms with E-state index in [1.54, 1.807) is 30.3 Å². The van der Waals surface area contributed by atoms with E-state index in [2.05, 4.69) is 20.5 Å². The van der Waals surface area contributed by atoms with Crippen LogP contribution < -0.4 is 20.5 Å². The highest BCUT2D eigenvalue weighted by Gasteiger charge is 2.30. The van der Waals surface area contributed by atoms with Gasteiger partial charge in [0.2, 0.25) is 0 Å². The van der Waals surface area contributed by atoms with Crippen molar-refractivity contribution in [2.45, 2.75) is 37.8 Å². The van der Waals surface area contributed by atoms with Crippen molar-refractivity contribution in [1.29, 1.82) is 5.26 Å². The first-order valence-corrected chi connectivity index (χ1v) is 12.8. The Morgan fingerprint density at radius 3 is 2.72 bits per heavy atom. The Bertz CT molecular complexity index is 1650. The Morgan fingerprint density at radius 1 is 1.15 bits per heavy atom. The zero-order chi connectivity index (χ0) is 26.9. The van der Waals surface area contributed by atoms with Gasteiger partial charge < -0.3 is 15.0 Å². The van der Waals surface area contributed by atoms with Gasteiger partial charge in [0.1, 0.15) is 23.5 Å². The largest absolute Gasteiger partial charge is 0.490 e. The highest BCUT2D eigenvalue weighted by Crippen LogP contribution is 2.28. The molecular weight excluding hydrogens is 499 g/mol. The number of carbonyl (C=O) groups excluding carboxylic acids is 1. The van der Waals surface area contributed by atoms with Gasteiger partial charge in [-0.2, -0.15) is 10.4 Å². The average Bonchev–Trinajstić information content (AvgIpc) is 2.90. The van der Waals surface area contributed by atoms with Gasteiger partial charge in [-0.3, -0.25) is 9.59 Å². The summed E-state index contributed by atoms with van der Waals surface area (Å²) in [4.78, 5) is 31.5. The van der Waals surface area contributed by atoms with E-state index < -0.39 is 11.7 Å². The molecule has 2 N–H and O–H groups in total. The zero-order valence-corrected chi connectivity index (χ0v) is 21.0. The summed E-state index contributed by atoms with van der Waals surface area (Å²) in [5, 5.41) is 19.7. The summed E-state index contributed by atoms with van der Waals surface area (Å²) in [6, 6.07) is 15.1. The number of nitrogens with zero attached hydrogens (tertiary/aromatic N) is 4. The number of aromatic nitrogens is 3. The van der Waals surface area contributed by atoms with Crippen LogP contribution in [0.2, 0.25) is 0 Å². The highest BCUT2D eigenvalue weighted by molar-refractivity contribution is 5.95. The number of halogens is 1. The predicted molar refractivity (Wildman–Crippen MR) is 142 cm³/mol. The van der Waals surface area contributed by atoms with E-state index in [1.807, 2.05) is 17.0 Å². The minimum atomic E-state index is -0.614. The fraction of sp³-hybridized carbons (Fsp3) is 0.276. The van der Waals surface area contributed by atoms with Crippen LogP contribution in [0.3, 0.4) is 0 Å². The second-order valence-corrected chi connectivity index (χ2v) is 9.96. The highest BCUT2D eigenvalue weighted by atomic mass is 19.1. The Labute approximate surface area is 223 Å². The van der Waals surface area contributed by atoms with E-state index in [9.17, 15) is 14.0 Å². The number of hydrogen-bond acceptors (Lipinski definition) is 7. The average molecular weight is 525 g/mol. The van der Waals surface area contributed by atoms with Crippen molar-refractivity contribution in [3.8, 4) is 11.8 Å². The van der Waals surface area contributed by atoms with Crippen LogP contribution in [0.1, 0.15) is 46.4 Å². The van der Waals surface area contributed by atoms with Crippen LogP contribution in [0.5, 0.6) is 5.75 Å². The molecule has 0 radical (unpaired) electrons. The van der Waals surface area contributed by atoms with Crippen molar-refractivity contribution in [3.63, 3.8) is 0 Å². The number of nitriles is 1. The van der Waals surface area contributed by atoms with Gasteiger partial charge in [0.25, 0.3) is 11.5 Å². The van der Waals surface area contributed by atoms with Crippen LogP contribution in [0.25, 0.3) is 10.8 Å². The number of carbonyl (C=O) groups is 1. The summed E-state index contributed by atoms with van der Waals surface area (Å²) in [5.41, 5.74) is 1.42. The smallest absolute Gasteiger partial charge is 0.272 e. The van der Waals surface area contributed by atoms with Crippen molar-refractivity contribution in [2.24, 2.45) is 0 Å². The molecule has 1 aliphatic heterocycles. The van der Waals surface area contributed by atoms with Gasteiger partial charge in [-0.15, -0.1) is 0 Å². The maximum absolute atomic E-state index is 14.7. The predicted octanol–water partition coefficient (Wildman–Crippen LogP) is 3.47. The molecule has 1 aliphatic carbocycles. The second kappa shape index (κ2) is 10.2. The molecule has 39 heavy (non-hydrogen) atoms. The van der Waals surface area contributed by atoms with Gasteiger partial charge in [-0.1, -0.05) is 6.07 Å². The number of fused-ring (bicyclic) bond motifs is 1. The fourth-order valence-corrected chi connectivity index (χ4v) is 4.80. The van der Waals surface area contributed by atoms with Gasteiger partial charge in [0.05, 0.1) is 34.4 Å². The van der Waals surface area contributed by atoms with E-state index >= 15 is 0 Å². The first-order chi connectivity index (χ1) is 19.0. The molecule has 196 valence electrons. The Kier molecular flexibility index (Phi) is 6.40. The fourth-order valence-electron chi connectivity index (χ4n) is 4.80. The molecule has 1 amide bonds. The number of pyridine rings is 1. The van der Waals surface area contributed by atoms with Crippen molar-refractivity contribution < 1.29 is 13.9 Å². The van der Waals surface area contributed by atoms with Crippen LogP contribution in [0, 0.1) is 17.1 Å². The lowest BCUT2D eigenvalue weighted by Crippen LogP contribution is -2.59. The number of benzene rings is 2. The summed E-state index contributed by atoms with van der Waals surface area (Å²) in [6.07, 6.45) is 5.18. The lowest BCUT2D eigenvalue weighted by atomic mass is 9.96. The van der Waals surface area contributed by atoms with Crippen molar-refractivity contribution in [1.82, 2.24) is 20.5 Å². The minimum absolute atomic E-state index is 0.0508. The van der Waals surface area contributed by atoms with Crippen LogP contribution in [0.4, 0.5) is 10.2 Å². The SMILES string of the molecule is N#Cc1ccc(N2CC(NC(=O)c3cc(Cc4n[nH]c(=O)c5ccc(OC6CCC6)cc45)ccc3F)C2)nc1. The Morgan fingerprint density at radius 2 is 2.00 bits per heavy atom. The molecule has 2 aromatic carbocycles. The Hall–Kier alpha value is -4.78. The molecule has 3 heterocycles. The third-order valence-electron chi connectivity index (χ3n) is 7.26. The first kappa shape index (κ1) is 24.6. The van der Waals surface area contributed by atoms with Gasteiger partial charge in [-0.25, -0.2) is 14.5 Å². The van der Waals surface area contributed by atoms with Crippen LogP contribution in [-0.2, 0) is 6.42 Å². The van der Waals surface area contributed by atoms with Gasteiger partial charge in [0.15, 0.2) is 0 Å². The molecule has 0 unspecified atom stereocenters. The lowest BCUT2D eigenvalue weighted by Gasteiger charge is -2.40. The van der Waals surface area contributed by atoms with E-state index in [0.29, 0.717) is 52.9 Å². The molecule has 0 bridgehead atoms. The van der Waals surface area contributed by atoms with Crippen LogP contribution in [0.15, 0.2) is 59.5 Å². The molecule has 9 nitrogen and oxygen atoms in total. The molecule has 0 atom stereocenters. The summed E-state index contributed by atoms with van der Waals surface area (Å²) >= 11 is 0. The maximum atomic E-state index is 14.7. The molecule has 10 heteroatoms. The van der Waals surface area contributed by atoms with Gasteiger partial charge >= 0.3 is 0 Å².